The number of carbonyl (C=O) groups is 1. The zero-order chi connectivity index (χ0) is 27.6. The number of rotatable bonds is 8. The lowest BCUT2D eigenvalue weighted by Gasteiger charge is -2.14. The molecule has 0 saturated heterocycles. The molecule has 0 radical (unpaired) electrons. The van der Waals surface area contributed by atoms with Crippen molar-refractivity contribution in [1.29, 1.82) is 0 Å². The molecule has 4 rings (SSSR count). The Bertz CT molecular complexity index is 1690. The van der Waals surface area contributed by atoms with Gasteiger partial charge in [-0.25, -0.2) is 18.4 Å². The maximum absolute atomic E-state index is 13.2. The lowest BCUT2D eigenvalue weighted by Crippen LogP contribution is -2.32. The molecule has 1 amide bonds. The van der Waals surface area contributed by atoms with E-state index >= 15 is 0 Å². The summed E-state index contributed by atoms with van der Waals surface area (Å²) in [6.45, 7) is 1.88. The number of pyridine rings is 1. The third kappa shape index (κ3) is 5.74. The summed E-state index contributed by atoms with van der Waals surface area (Å²) in [6.07, 6.45) is 2.91. The molecule has 1 unspecified atom stereocenters. The topological polar surface area (TPSA) is 132 Å². The molecule has 2 heterocycles. The Hall–Kier alpha value is -3.67. The molecule has 1 atom stereocenters. The van der Waals surface area contributed by atoms with Gasteiger partial charge < -0.3 is 10.1 Å². The highest BCUT2D eigenvalue weighted by Crippen LogP contribution is 2.32. The largest absolute Gasteiger partial charge is 0.480 e. The summed E-state index contributed by atoms with van der Waals surface area (Å²) in [5.74, 6) is -0.584. The fraction of sp³-hybridized carbons (Fsp3) is 0.200. The lowest BCUT2D eigenvalue weighted by atomic mass is 10.0. The SMILES string of the molecule is CNC(=O)C(C)Cn1cnc2ccc(-c3cnc(OC)c(NS(=O)(=O)c4cc(Cl)cc(Cl)c4)c3)cc2c1=O. The fourth-order valence-corrected chi connectivity index (χ4v) is 5.60. The van der Waals surface area contributed by atoms with E-state index in [-0.39, 0.29) is 44.5 Å². The predicted molar refractivity (Wildman–Crippen MR) is 146 cm³/mol. The summed E-state index contributed by atoms with van der Waals surface area (Å²) in [6, 6.07) is 10.6. The number of halogens is 2. The summed E-state index contributed by atoms with van der Waals surface area (Å²) in [7, 11) is -1.20. The van der Waals surface area contributed by atoms with Crippen molar-refractivity contribution in [2.24, 2.45) is 5.92 Å². The van der Waals surface area contributed by atoms with Gasteiger partial charge in [-0.1, -0.05) is 36.2 Å². The van der Waals surface area contributed by atoms with Gasteiger partial charge in [0.2, 0.25) is 11.8 Å². The summed E-state index contributed by atoms with van der Waals surface area (Å²) in [5.41, 5.74) is 1.35. The Kier molecular flexibility index (Phi) is 7.91. The second-order valence-electron chi connectivity index (χ2n) is 8.44. The van der Waals surface area contributed by atoms with Crippen LogP contribution in [0, 0.1) is 5.92 Å². The number of nitrogens with zero attached hydrogens (tertiary/aromatic N) is 3. The second kappa shape index (κ2) is 11.0. The smallest absolute Gasteiger partial charge is 0.262 e. The van der Waals surface area contributed by atoms with Crippen molar-refractivity contribution in [3.8, 4) is 17.0 Å². The molecule has 198 valence electrons. The number of anilines is 1. The molecule has 38 heavy (non-hydrogen) atoms. The average molecular weight is 576 g/mol. The Morgan fingerprint density at radius 3 is 2.45 bits per heavy atom. The molecular weight excluding hydrogens is 553 g/mol. The van der Waals surface area contributed by atoms with E-state index < -0.39 is 15.9 Å². The number of hydrogen-bond acceptors (Lipinski definition) is 7. The van der Waals surface area contributed by atoms with Crippen LogP contribution in [0.5, 0.6) is 5.88 Å². The van der Waals surface area contributed by atoms with Gasteiger partial charge in [0.15, 0.2) is 0 Å². The number of nitrogens with one attached hydrogen (secondary N) is 2. The third-order valence-corrected chi connectivity index (χ3v) is 7.54. The minimum atomic E-state index is -4.09. The van der Waals surface area contributed by atoms with Crippen molar-refractivity contribution < 1.29 is 17.9 Å². The first-order chi connectivity index (χ1) is 18.0. The van der Waals surface area contributed by atoms with Crippen LogP contribution in [0.3, 0.4) is 0 Å². The lowest BCUT2D eigenvalue weighted by molar-refractivity contribution is -0.124. The standard InChI is InChI=1S/C25H23Cl2N5O5S/c1-14(23(33)28-2)12-32-13-30-21-5-4-15(6-20(21)25(32)34)16-7-22(24(37-3)29-11-16)31-38(35,36)19-9-17(26)8-18(27)10-19/h4-11,13-14,31H,12H2,1-3H3,(H,28,33). The molecule has 0 aliphatic heterocycles. The maximum Gasteiger partial charge on any atom is 0.262 e. The third-order valence-electron chi connectivity index (χ3n) is 5.76. The molecule has 2 aromatic carbocycles. The van der Waals surface area contributed by atoms with E-state index in [9.17, 15) is 18.0 Å². The summed E-state index contributed by atoms with van der Waals surface area (Å²) in [4.78, 5) is 33.5. The van der Waals surface area contributed by atoms with Gasteiger partial charge in [-0.05, 0) is 42.0 Å². The van der Waals surface area contributed by atoms with Gasteiger partial charge in [0.05, 0.1) is 35.2 Å². The zero-order valence-electron chi connectivity index (χ0n) is 20.5. The van der Waals surface area contributed by atoms with Crippen LogP contribution >= 0.6 is 23.2 Å². The highest BCUT2D eigenvalue weighted by atomic mass is 35.5. The Morgan fingerprint density at radius 2 is 1.79 bits per heavy atom. The van der Waals surface area contributed by atoms with Crippen LogP contribution in [-0.2, 0) is 21.4 Å². The summed E-state index contributed by atoms with van der Waals surface area (Å²) >= 11 is 12.0. The molecule has 2 aromatic heterocycles. The van der Waals surface area contributed by atoms with Gasteiger partial charge in [-0.2, -0.15) is 0 Å². The molecular formula is C25H23Cl2N5O5S. The Labute approximate surface area is 228 Å². The first-order valence-electron chi connectivity index (χ1n) is 11.3. The molecule has 0 aliphatic rings. The van der Waals surface area contributed by atoms with Crippen LogP contribution < -0.4 is 20.3 Å². The molecule has 0 fully saturated rings. The zero-order valence-corrected chi connectivity index (χ0v) is 22.9. The minimum Gasteiger partial charge on any atom is -0.480 e. The number of benzene rings is 2. The first kappa shape index (κ1) is 27.4. The van der Waals surface area contributed by atoms with Crippen LogP contribution in [0.25, 0.3) is 22.0 Å². The van der Waals surface area contributed by atoms with Crippen molar-refractivity contribution >= 4 is 55.7 Å². The number of aromatic nitrogens is 3. The molecule has 2 N–H and O–H groups in total. The second-order valence-corrected chi connectivity index (χ2v) is 11.0. The molecule has 4 aromatic rings. The van der Waals surface area contributed by atoms with Crippen molar-refractivity contribution in [2.45, 2.75) is 18.4 Å². The number of sulfonamides is 1. The van der Waals surface area contributed by atoms with Crippen LogP contribution in [0.1, 0.15) is 6.92 Å². The van der Waals surface area contributed by atoms with Crippen molar-refractivity contribution in [3.63, 3.8) is 0 Å². The van der Waals surface area contributed by atoms with Gasteiger partial charge in [0.25, 0.3) is 15.6 Å². The van der Waals surface area contributed by atoms with Crippen molar-refractivity contribution in [2.75, 3.05) is 18.9 Å². The van der Waals surface area contributed by atoms with E-state index in [2.05, 4.69) is 20.0 Å². The number of hydrogen-bond donors (Lipinski definition) is 2. The van der Waals surface area contributed by atoms with Crippen LogP contribution in [-0.4, -0.2) is 43.0 Å². The van der Waals surface area contributed by atoms with E-state index in [1.807, 2.05) is 0 Å². The number of fused-ring (bicyclic) bond motifs is 1. The quantitative estimate of drug-likeness (QED) is 0.325. The highest BCUT2D eigenvalue weighted by molar-refractivity contribution is 7.92. The summed E-state index contributed by atoms with van der Waals surface area (Å²) in [5, 5.41) is 3.23. The number of methoxy groups -OCH3 is 1. The van der Waals surface area contributed by atoms with Crippen molar-refractivity contribution in [1.82, 2.24) is 19.9 Å². The number of carbonyl (C=O) groups excluding carboxylic acids is 1. The van der Waals surface area contributed by atoms with E-state index in [1.165, 1.54) is 49.4 Å². The number of amides is 1. The van der Waals surface area contributed by atoms with Gasteiger partial charge in [-0.3, -0.25) is 18.9 Å². The number of ether oxygens (including phenoxy) is 1. The van der Waals surface area contributed by atoms with Gasteiger partial charge in [-0.15, -0.1) is 0 Å². The van der Waals surface area contributed by atoms with Crippen LogP contribution in [0.2, 0.25) is 10.0 Å². The maximum atomic E-state index is 13.2. The van der Waals surface area contributed by atoms with E-state index in [0.29, 0.717) is 22.0 Å². The van der Waals surface area contributed by atoms with E-state index in [4.69, 9.17) is 27.9 Å². The Balaban J connectivity index is 1.73. The van der Waals surface area contributed by atoms with Crippen molar-refractivity contribution in [3.05, 3.63) is 75.4 Å². The van der Waals surface area contributed by atoms with E-state index in [1.54, 1.807) is 31.2 Å². The molecule has 0 saturated carbocycles. The molecule has 10 nitrogen and oxygen atoms in total. The highest BCUT2D eigenvalue weighted by Gasteiger charge is 2.20. The van der Waals surface area contributed by atoms with E-state index in [0.717, 1.165) is 0 Å². The molecule has 13 heteroatoms. The monoisotopic (exact) mass is 575 g/mol. The molecule has 0 spiro atoms. The first-order valence-corrected chi connectivity index (χ1v) is 13.5. The predicted octanol–water partition coefficient (Wildman–Crippen LogP) is 3.96. The van der Waals surface area contributed by atoms with Crippen LogP contribution in [0.4, 0.5) is 5.69 Å². The Morgan fingerprint density at radius 1 is 1.08 bits per heavy atom. The van der Waals surface area contributed by atoms with Crippen LogP contribution in [0.15, 0.2) is 64.7 Å². The van der Waals surface area contributed by atoms with Gasteiger partial charge >= 0.3 is 0 Å². The summed E-state index contributed by atoms with van der Waals surface area (Å²) < 4.78 is 35.2. The van der Waals surface area contributed by atoms with Gasteiger partial charge in [0, 0.05) is 35.4 Å². The normalized spacial score (nSPS) is 12.2. The van der Waals surface area contributed by atoms with Gasteiger partial charge in [0.1, 0.15) is 5.69 Å². The molecule has 0 bridgehead atoms. The average Bonchev–Trinajstić information content (AvgIpc) is 2.88. The fourth-order valence-electron chi connectivity index (χ4n) is 3.83. The minimum absolute atomic E-state index is 0.0402. The molecule has 0 aliphatic carbocycles.